The van der Waals surface area contributed by atoms with Crippen LogP contribution in [0, 0.1) is 5.92 Å². The summed E-state index contributed by atoms with van der Waals surface area (Å²) in [6.07, 6.45) is 6.78. The molecule has 0 aliphatic heterocycles. The average Bonchev–Trinajstić information content (AvgIpc) is 2.40. The Morgan fingerprint density at radius 2 is 2.06 bits per heavy atom. The normalized spacial score (nSPS) is 12.6. The van der Waals surface area contributed by atoms with Gasteiger partial charge in [-0.1, -0.05) is 62.8 Å². The van der Waals surface area contributed by atoms with Crippen LogP contribution in [0.4, 0.5) is 0 Å². The third kappa shape index (κ3) is 5.67. The number of allylic oxidation sites excluding steroid dienone is 1. The van der Waals surface area contributed by atoms with E-state index in [0.29, 0.717) is 6.61 Å². The van der Waals surface area contributed by atoms with Crippen LogP contribution in [-0.2, 0) is 9.53 Å². The zero-order valence-electron chi connectivity index (χ0n) is 11.3. The second kappa shape index (κ2) is 8.51. The topological polar surface area (TPSA) is 26.3 Å². The lowest BCUT2D eigenvalue weighted by Crippen LogP contribution is -2.14. The Morgan fingerprint density at radius 1 is 1.33 bits per heavy atom. The van der Waals surface area contributed by atoms with Crippen LogP contribution >= 0.6 is 0 Å². The Labute approximate surface area is 110 Å². The summed E-state index contributed by atoms with van der Waals surface area (Å²) >= 11 is 0. The van der Waals surface area contributed by atoms with Crippen molar-refractivity contribution in [2.24, 2.45) is 5.92 Å². The van der Waals surface area contributed by atoms with E-state index in [4.69, 9.17) is 4.74 Å². The van der Waals surface area contributed by atoms with Crippen LogP contribution in [-0.4, -0.2) is 12.6 Å². The van der Waals surface area contributed by atoms with Crippen molar-refractivity contribution in [3.8, 4) is 0 Å². The van der Waals surface area contributed by atoms with Crippen LogP contribution < -0.4 is 0 Å². The van der Waals surface area contributed by atoms with Gasteiger partial charge in [0.1, 0.15) is 0 Å². The highest BCUT2D eigenvalue weighted by atomic mass is 16.5. The van der Waals surface area contributed by atoms with Crippen molar-refractivity contribution in [1.82, 2.24) is 0 Å². The summed E-state index contributed by atoms with van der Waals surface area (Å²) in [7, 11) is 0. The van der Waals surface area contributed by atoms with Crippen molar-refractivity contribution in [3.05, 3.63) is 42.0 Å². The molecule has 2 heteroatoms. The third-order valence-corrected chi connectivity index (χ3v) is 2.74. The van der Waals surface area contributed by atoms with Crippen molar-refractivity contribution < 1.29 is 9.53 Å². The average molecular weight is 246 g/mol. The maximum atomic E-state index is 11.6. The zero-order valence-corrected chi connectivity index (χ0v) is 11.3. The molecule has 0 fully saturated rings. The van der Waals surface area contributed by atoms with Gasteiger partial charge in [0.15, 0.2) is 0 Å². The van der Waals surface area contributed by atoms with E-state index in [1.54, 1.807) is 0 Å². The molecule has 0 spiro atoms. The number of rotatable bonds is 7. The number of ether oxygens (including phenoxy) is 1. The third-order valence-electron chi connectivity index (χ3n) is 2.74. The molecule has 1 rings (SSSR count). The summed E-state index contributed by atoms with van der Waals surface area (Å²) in [5, 5.41) is 0. The SMILES string of the molecule is CCCCOC(=O)C(C)C/C=C/c1ccccc1. The summed E-state index contributed by atoms with van der Waals surface area (Å²) < 4.78 is 5.17. The van der Waals surface area contributed by atoms with E-state index in [2.05, 4.69) is 6.92 Å². The number of unbranched alkanes of at least 4 members (excludes halogenated alkanes) is 1. The fourth-order valence-corrected chi connectivity index (χ4v) is 1.53. The molecule has 18 heavy (non-hydrogen) atoms. The van der Waals surface area contributed by atoms with E-state index in [-0.39, 0.29) is 11.9 Å². The highest BCUT2D eigenvalue weighted by molar-refractivity contribution is 5.72. The number of hydrogen-bond acceptors (Lipinski definition) is 2. The minimum atomic E-state index is -0.0961. The summed E-state index contributed by atoms with van der Waals surface area (Å²) in [6.45, 7) is 4.53. The monoisotopic (exact) mass is 246 g/mol. The molecule has 1 aromatic carbocycles. The molecule has 0 saturated carbocycles. The Morgan fingerprint density at radius 3 is 2.72 bits per heavy atom. The first-order chi connectivity index (χ1) is 8.74. The Hall–Kier alpha value is -1.57. The molecule has 1 atom stereocenters. The van der Waals surface area contributed by atoms with Gasteiger partial charge in [0.05, 0.1) is 12.5 Å². The van der Waals surface area contributed by atoms with Gasteiger partial charge in [0.25, 0.3) is 0 Å². The summed E-state index contributed by atoms with van der Waals surface area (Å²) in [4.78, 5) is 11.6. The standard InChI is InChI=1S/C16H22O2/c1-3-4-13-18-16(17)14(2)9-8-12-15-10-6-5-7-11-15/h5-8,10-12,14H,3-4,9,13H2,1-2H3/b12-8+. The Kier molecular flexibility index (Phi) is 6.85. The van der Waals surface area contributed by atoms with Gasteiger partial charge >= 0.3 is 5.97 Å². The molecule has 0 aliphatic rings. The molecule has 2 nitrogen and oxygen atoms in total. The second-order valence-corrected chi connectivity index (χ2v) is 4.47. The van der Waals surface area contributed by atoms with Crippen LogP contribution in [0.3, 0.4) is 0 Å². The van der Waals surface area contributed by atoms with E-state index in [0.717, 1.165) is 24.8 Å². The van der Waals surface area contributed by atoms with Gasteiger partial charge in [-0.3, -0.25) is 4.79 Å². The van der Waals surface area contributed by atoms with E-state index in [9.17, 15) is 4.79 Å². The van der Waals surface area contributed by atoms with E-state index < -0.39 is 0 Å². The molecule has 1 unspecified atom stereocenters. The summed E-state index contributed by atoms with van der Waals surface area (Å²) in [6, 6.07) is 10.1. The lowest BCUT2D eigenvalue weighted by molar-refractivity contribution is -0.147. The van der Waals surface area contributed by atoms with E-state index >= 15 is 0 Å². The van der Waals surface area contributed by atoms with Gasteiger partial charge in [0, 0.05) is 0 Å². The largest absolute Gasteiger partial charge is 0.465 e. The first-order valence-corrected chi connectivity index (χ1v) is 6.62. The van der Waals surface area contributed by atoms with Gasteiger partial charge in [-0.2, -0.15) is 0 Å². The molecular formula is C16H22O2. The first kappa shape index (κ1) is 14.5. The minimum absolute atomic E-state index is 0.0678. The van der Waals surface area contributed by atoms with Crippen molar-refractivity contribution in [3.63, 3.8) is 0 Å². The van der Waals surface area contributed by atoms with Crippen molar-refractivity contribution in [2.45, 2.75) is 33.1 Å². The number of hydrogen-bond donors (Lipinski definition) is 0. The molecule has 0 amide bonds. The molecule has 1 aromatic rings. The maximum absolute atomic E-state index is 11.6. The second-order valence-electron chi connectivity index (χ2n) is 4.47. The molecular weight excluding hydrogens is 224 g/mol. The molecule has 0 bridgehead atoms. The molecule has 0 heterocycles. The molecule has 98 valence electrons. The smallest absolute Gasteiger partial charge is 0.308 e. The predicted octanol–water partition coefficient (Wildman–Crippen LogP) is 4.07. The van der Waals surface area contributed by atoms with Crippen LogP contribution in [0.5, 0.6) is 0 Å². The summed E-state index contributed by atoms with van der Waals surface area (Å²) in [5.41, 5.74) is 1.16. The number of esters is 1. The van der Waals surface area contributed by atoms with Crippen molar-refractivity contribution >= 4 is 12.0 Å². The Bertz CT molecular complexity index is 368. The lowest BCUT2D eigenvalue weighted by Gasteiger charge is -2.08. The van der Waals surface area contributed by atoms with Crippen LogP contribution in [0.1, 0.15) is 38.7 Å². The first-order valence-electron chi connectivity index (χ1n) is 6.62. The fraction of sp³-hybridized carbons (Fsp3) is 0.438. The Balaban J connectivity index is 2.30. The predicted molar refractivity (Wildman–Crippen MR) is 75.1 cm³/mol. The molecule has 0 saturated heterocycles. The van der Waals surface area contributed by atoms with E-state index in [1.165, 1.54) is 0 Å². The van der Waals surface area contributed by atoms with Gasteiger partial charge in [0.2, 0.25) is 0 Å². The maximum Gasteiger partial charge on any atom is 0.308 e. The van der Waals surface area contributed by atoms with Crippen LogP contribution in [0.25, 0.3) is 6.08 Å². The highest BCUT2D eigenvalue weighted by Crippen LogP contribution is 2.09. The fourth-order valence-electron chi connectivity index (χ4n) is 1.53. The number of carbonyl (C=O) groups excluding carboxylic acids is 1. The summed E-state index contributed by atoms with van der Waals surface area (Å²) in [5.74, 6) is -0.164. The number of carbonyl (C=O) groups is 1. The van der Waals surface area contributed by atoms with Gasteiger partial charge in [-0.15, -0.1) is 0 Å². The highest BCUT2D eigenvalue weighted by Gasteiger charge is 2.11. The molecule has 0 aliphatic carbocycles. The lowest BCUT2D eigenvalue weighted by atomic mass is 10.1. The molecule has 0 N–H and O–H groups in total. The molecule has 0 aromatic heterocycles. The van der Waals surface area contributed by atoms with Gasteiger partial charge in [-0.25, -0.2) is 0 Å². The number of benzene rings is 1. The quantitative estimate of drug-likeness (QED) is 0.535. The van der Waals surface area contributed by atoms with E-state index in [1.807, 2.05) is 49.4 Å². The van der Waals surface area contributed by atoms with Crippen molar-refractivity contribution in [1.29, 1.82) is 0 Å². The molecule has 0 radical (unpaired) electrons. The van der Waals surface area contributed by atoms with Crippen LogP contribution in [0.15, 0.2) is 36.4 Å². The zero-order chi connectivity index (χ0) is 13.2. The minimum Gasteiger partial charge on any atom is -0.465 e. The van der Waals surface area contributed by atoms with Crippen LogP contribution in [0.2, 0.25) is 0 Å². The van der Waals surface area contributed by atoms with Gasteiger partial charge < -0.3 is 4.74 Å². The van der Waals surface area contributed by atoms with Crippen molar-refractivity contribution in [2.75, 3.05) is 6.61 Å². The van der Waals surface area contributed by atoms with Gasteiger partial charge in [-0.05, 0) is 18.4 Å².